The predicted octanol–water partition coefficient (Wildman–Crippen LogP) is 1.73. The Kier molecular flexibility index (Phi) is 3.10. The summed E-state index contributed by atoms with van der Waals surface area (Å²) in [7, 11) is 0. The summed E-state index contributed by atoms with van der Waals surface area (Å²) >= 11 is 0. The number of nitrogens with one attached hydrogen (secondary N) is 1. The fourth-order valence-corrected chi connectivity index (χ4v) is 2.14. The number of fused-ring (bicyclic) bond motifs is 1. The molecule has 5 heteroatoms. The van der Waals surface area contributed by atoms with Gasteiger partial charge in [-0.15, -0.1) is 0 Å². The van der Waals surface area contributed by atoms with Gasteiger partial charge in [0.1, 0.15) is 11.4 Å². The lowest BCUT2D eigenvalue weighted by Crippen LogP contribution is -2.32. The lowest BCUT2D eigenvalue weighted by molar-refractivity contribution is 0.0919. The van der Waals surface area contributed by atoms with Gasteiger partial charge in [-0.2, -0.15) is 0 Å². The van der Waals surface area contributed by atoms with E-state index in [4.69, 9.17) is 4.74 Å². The van der Waals surface area contributed by atoms with Crippen LogP contribution in [0, 0.1) is 0 Å². The largest absolute Gasteiger partial charge is 0.493 e. The monoisotopic (exact) mass is 255 g/mol. The molecule has 3 rings (SSSR count). The van der Waals surface area contributed by atoms with E-state index in [0.29, 0.717) is 12.3 Å². The van der Waals surface area contributed by atoms with Crippen molar-refractivity contribution in [2.75, 3.05) is 6.61 Å². The Morgan fingerprint density at radius 1 is 1.32 bits per heavy atom. The Hall–Kier alpha value is -2.43. The summed E-state index contributed by atoms with van der Waals surface area (Å²) < 4.78 is 5.56. The molecule has 0 aliphatic carbocycles. The molecule has 1 aliphatic rings. The zero-order valence-corrected chi connectivity index (χ0v) is 10.2. The van der Waals surface area contributed by atoms with Gasteiger partial charge >= 0.3 is 0 Å². The van der Waals surface area contributed by atoms with Crippen LogP contribution in [0.15, 0.2) is 42.9 Å². The molecule has 1 atom stereocenters. The van der Waals surface area contributed by atoms with Crippen LogP contribution in [-0.2, 0) is 0 Å². The molecule has 96 valence electrons. The molecule has 0 fully saturated rings. The topological polar surface area (TPSA) is 64.1 Å². The molecule has 1 unspecified atom stereocenters. The van der Waals surface area contributed by atoms with Crippen LogP contribution in [0.2, 0.25) is 0 Å². The van der Waals surface area contributed by atoms with E-state index in [1.54, 1.807) is 6.20 Å². The summed E-state index contributed by atoms with van der Waals surface area (Å²) in [5, 5.41) is 2.97. The zero-order chi connectivity index (χ0) is 13.1. The zero-order valence-electron chi connectivity index (χ0n) is 10.2. The Morgan fingerprint density at radius 3 is 3.05 bits per heavy atom. The average molecular weight is 255 g/mol. The second-order valence-electron chi connectivity index (χ2n) is 4.29. The van der Waals surface area contributed by atoms with Gasteiger partial charge in [0.15, 0.2) is 0 Å². The Balaban J connectivity index is 1.80. The third-order valence-electron chi connectivity index (χ3n) is 3.06. The number of para-hydroxylation sites is 1. The number of benzene rings is 1. The summed E-state index contributed by atoms with van der Waals surface area (Å²) in [6.45, 7) is 0.600. The number of carbonyl (C=O) groups is 1. The maximum absolute atomic E-state index is 12.1. The third kappa shape index (κ3) is 2.40. The highest BCUT2D eigenvalue weighted by Gasteiger charge is 2.23. The van der Waals surface area contributed by atoms with Gasteiger partial charge in [0, 0.05) is 24.4 Å². The molecule has 1 aliphatic heterocycles. The minimum absolute atomic E-state index is 0.0422. The molecule has 1 amide bonds. The number of hydrogen-bond acceptors (Lipinski definition) is 4. The first-order valence-corrected chi connectivity index (χ1v) is 6.13. The predicted molar refractivity (Wildman–Crippen MR) is 68.8 cm³/mol. The molecule has 2 aromatic rings. The molecule has 5 nitrogen and oxygen atoms in total. The molecular formula is C14H13N3O2. The highest BCUT2D eigenvalue weighted by molar-refractivity contribution is 5.92. The molecule has 1 aromatic heterocycles. The second-order valence-corrected chi connectivity index (χ2v) is 4.29. The van der Waals surface area contributed by atoms with Crippen LogP contribution < -0.4 is 10.1 Å². The van der Waals surface area contributed by atoms with Crippen molar-refractivity contribution in [2.24, 2.45) is 0 Å². The van der Waals surface area contributed by atoms with Crippen LogP contribution >= 0.6 is 0 Å². The van der Waals surface area contributed by atoms with E-state index in [1.165, 1.54) is 12.4 Å². The number of rotatable bonds is 2. The lowest BCUT2D eigenvalue weighted by atomic mass is 10.0. The smallest absolute Gasteiger partial charge is 0.271 e. The van der Waals surface area contributed by atoms with Gasteiger partial charge in [-0.25, -0.2) is 4.98 Å². The van der Waals surface area contributed by atoms with Crippen LogP contribution in [0.1, 0.15) is 28.5 Å². The molecule has 0 spiro atoms. The van der Waals surface area contributed by atoms with Crippen molar-refractivity contribution in [1.29, 1.82) is 0 Å². The molecule has 2 heterocycles. The number of carbonyl (C=O) groups excluding carboxylic acids is 1. The highest BCUT2D eigenvalue weighted by Crippen LogP contribution is 2.31. The van der Waals surface area contributed by atoms with Crippen LogP contribution in [0.3, 0.4) is 0 Å². The van der Waals surface area contributed by atoms with Gasteiger partial charge in [0.05, 0.1) is 18.8 Å². The maximum atomic E-state index is 12.1. The van der Waals surface area contributed by atoms with Crippen molar-refractivity contribution in [2.45, 2.75) is 12.5 Å². The van der Waals surface area contributed by atoms with Gasteiger partial charge in [0.2, 0.25) is 0 Å². The highest BCUT2D eigenvalue weighted by atomic mass is 16.5. The first-order valence-electron chi connectivity index (χ1n) is 6.13. The minimum Gasteiger partial charge on any atom is -0.493 e. The molecule has 1 aromatic carbocycles. The van der Waals surface area contributed by atoms with Crippen molar-refractivity contribution in [1.82, 2.24) is 15.3 Å². The molecule has 19 heavy (non-hydrogen) atoms. The van der Waals surface area contributed by atoms with Crippen LogP contribution in [0.25, 0.3) is 0 Å². The lowest BCUT2D eigenvalue weighted by Gasteiger charge is -2.26. The van der Waals surface area contributed by atoms with E-state index < -0.39 is 0 Å². The fraction of sp³-hybridized carbons (Fsp3) is 0.214. The quantitative estimate of drug-likeness (QED) is 0.887. The van der Waals surface area contributed by atoms with Crippen molar-refractivity contribution in [3.05, 3.63) is 54.1 Å². The van der Waals surface area contributed by atoms with E-state index >= 15 is 0 Å². The molecular weight excluding hydrogens is 242 g/mol. The van der Waals surface area contributed by atoms with E-state index in [0.717, 1.165) is 17.7 Å². The molecule has 0 bridgehead atoms. The van der Waals surface area contributed by atoms with Crippen LogP contribution in [-0.4, -0.2) is 22.5 Å². The molecule has 0 radical (unpaired) electrons. The molecule has 0 saturated carbocycles. The number of hydrogen-bond donors (Lipinski definition) is 1. The molecule has 1 N–H and O–H groups in total. The van der Waals surface area contributed by atoms with Gasteiger partial charge in [-0.3, -0.25) is 9.78 Å². The van der Waals surface area contributed by atoms with E-state index in [2.05, 4.69) is 15.3 Å². The Morgan fingerprint density at radius 2 is 2.21 bits per heavy atom. The number of aromatic nitrogens is 2. The normalized spacial score (nSPS) is 17.2. The summed E-state index contributed by atoms with van der Waals surface area (Å²) in [5.74, 6) is 0.619. The number of amides is 1. The summed E-state index contributed by atoms with van der Waals surface area (Å²) in [6, 6.07) is 7.70. The number of nitrogens with zero attached hydrogens (tertiary/aromatic N) is 2. The maximum Gasteiger partial charge on any atom is 0.271 e. The standard InChI is InChI=1S/C14H13N3O2/c18-14(12-9-15-6-7-16-12)17-11-5-8-19-13-4-2-1-3-10(11)13/h1-4,6-7,9,11H,5,8H2,(H,17,18). The fourth-order valence-electron chi connectivity index (χ4n) is 2.14. The van der Waals surface area contributed by atoms with Gasteiger partial charge in [0.25, 0.3) is 5.91 Å². The Bertz CT molecular complexity index is 586. The average Bonchev–Trinajstić information content (AvgIpc) is 2.48. The van der Waals surface area contributed by atoms with Crippen molar-refractivity contribution in [3.8, 4) is 5.75 Å². The molecule has 0 saturated heterocycles. The third-order valence-corrected chi connectivity index (χ3v) is 3.06. The van der Waals surface area contributed by atoms with Gasteiger partial charge in [-0.1, -0.05) is 18.2 Å². The van der Waals surface area contributed by atoms with E-state index in [-0.39, 0.29) is 11.9 Å². The first kappa shape index (κ1) is 11.6. The Labute approximate surface area is 110 Å². The second kappa shape index (κ2) is 5.06. The van der Waals surface area contributed by atoms with Crippen molar-refractivity contribution >= 4 is 5.91 Å². The van der Waals surface area contributed by atoms with Crippen LogP contribution in [0.4, 0.5) is 0 Å². The summed E-state index contributed by atoms with van der Waals surface area (Å²) in [4.78, 5) is 20.0. The minimum atomic E-state index is -0.213. The van der Waals surface area contributed by atoms with Crippen LogP contribution in [0.5, 0.6) is 5.75 Å². The van der Waals surface area contributed by atoms with Gasteiger partial charge < -0.3 is 10.1 Å². The van der Waals surface area contributed by atoms with Crippen molar-refractivity contribution < 1.29 is 9.53 Å². The van der Waals surface area contributed by atoms with Gasteiger partial charge in [-0.05, 0) is 6.07 Å². The SMILES string of the molecule is O=C(NC1CCOc2ccccc21)c1cnccn1. The first-order chi connectivity index (χ1) is 9.34. The summed E-state index contributed by atoms with van der Waals surface area (Å²) in [5.41, 5.74) is 1.33. The summed E-state index contributed by atoms with van der Waals surface area (Å²) in [6.07, 6.45) is 5.26. The van der Waals surface area contributed by atoms with Crippen molar-refractivity contribution in [3.63, 3.8) is 0 Å². The number of ether oxygens (including phenoxy) is 1. The van der Waals surface area contributed by atoms with E-state index in [1.807, 2.05) is 24.3 Å². The van der Waals surface area contributed by atoms with E-state index in [9.17, 15) is 4.79 Å².